The highest BCUT2D eigenvalue weighted by Gasteiger charge is 2.13. The van der Waals surface area contributed by atoms with Crippen molar-refractivity contribution in [3.8, 4) is 0 Å². The molecular formula is C20H26N6O2S. The van der Waals surface area contributed by atoms with Gasteiger partial charge in [-0.1, -0.05) is 42.1 Å². The summed E-state index contributed by atoms with van der Waals surface area (Å²) in [7, 11) is 1.66. The van der Waals surface area contributed by atoms with E-state index in [1.165, 1.54) is 11.8 Å². The zero-order valence-corrected chi connectivity index (χ0v) is 17.5. The van der Waals surface area contributed by atoms with Gasteiger partial charge in [-0.05, 0) is 18.2 Å². The molecule has 0 spiro atoms. The number of rotatable bonds is 11. The molecule has 1 amide bonds. The molecule has 0 atom stereocenters. The Bertz CT molecular complexity index is 931. The summed E-state index contributed by atoms with van der Waals surface area (Å²) in [5.41, 5.74) is 1.92. The molecule has 1 aromatic carbocycles. The van der Waals surface area contributed by atoms with Crippen LogP contribution in [-0.2, 0) is 22.5 Å². The van der Waals surface area contributed by atoms with Gasteiger partial charge >= 0.3 is 0 Å². The summed E-state index contributed by atoms with van der Waals surface area (Å²) in [5, 5.41) is 12.2. The molecule has 3 rings (SSSR count). The van der Waals surface area contributed by atoms with Crippen LogP contribution < -0.4 is 10.6 Å². The molecule has 0 saturated heterocycles. The predicted octanol–water partition coefficient (Wildman–Crippen LogP) is 2.36. The predicted molar refractivity (Wildman–Crippen MR) is 115 cm³/mol. The lowest BCUT2D eigenvalue weighted by molar-refractivity contribution is -0.121. The Hall–Kier alpha value is -2.65. The molecule has 2 aromatic heterocycles. The van der Waals surface area contributed by atoms with E-state index < -0.39 is 0 Å². The summed E-state index contributed by atoms with van der Waals surface area (Å²) in [4.78, 5) is 21.2. The first-order valence-corrected chi connectivity index (χ1v) is 10.7. The maximum Gasteiger partial charge on any atom is 0.220 e. The minimum Gasteiger partial charge on any atom is -0.383 e. The van der Waals surface area contributed by atoms with Gasteiger partial charge < -0.3 is 15.4 Å². The van der Waals surface area contributed by atoms with Crippen LogP contribution in [0.2, 0.25) is 0 Å². The van der Waals surface area contributed by atoms with E-state index in [1.807, 2.05) is 36.6 Å². The second-order valence-corrected chi connectivity index (χ2v) is 7.19. The first-order chi connectivity index (χ1) is 14.2. The Morgan fingerprint density at radius 2 is 2.03 bits per heavy atom. The van der Waals surface area contributed by atoms with Crippen molar-refractivity contribution in [1.29, 1.82) is 0 Å². The molecule has 29 heavy (non-hydrogen) atoms. The average molecular weight is 415 g/mol. The minimum absolute atomic E-state index is 0.0339. The zero-order chi connectivity index (χ0) is 20.5. The summed E-state index contributed by atoms with van der Waals surface area (Å²) in [6.45, 7) is 2.28. The van der Waals surface area contributed by atoms with Crippen LogP contribution in [0.25, 0.3) is 11.0 Å². The SMILES string of the molecule is COCCNc1nc(SC)nc2c1cnn2CCNC(=O)CCc1ccccc1. The van der Waals surface area contributed by atoms with Crippen molar-refractivity contribution in [2.24, 2.45) is 0 Å². The number of methoxy groups -OCH3 is 1. The van der Waals surface area contributed by atoms with Gasteiger partial charge in [0.15, 0.2) is 10.8 Å². The molecule has 154 valence electrons. The highest BCUT2D eigenvalue weighted by molar-refractivity contribution is 7.98. The lowest BCUT2D eigenvalue weighted by Crippen LogP contribution is -2.27. The molecule has 0 bridgehead atoms. The van der Waals surface area contributed by atoms with Crippen LogP contribution in [0.4, 0.5) is 5.82 Å². The van der Waals surface area contributed by atoms with Crippen LogP contribution in [0, 0.1) is 0 Å². The zero-order valence-electron chi connectivity index (χ0n) is 16.7. The summed E-state index contributed by atoms with van der Waals surface area (Å²) in [5.74, 6) is 0.779. The van der Waals surface area contributed by atoms with E-state index in [2.05, 4.69) is 25.7 Å². The Kier molecular flexibility index (Phi) is 7.83. The van der Waals surface area contributed by atoms with Gasteiger partial charge in [-0.2, -0.15) is 5.10 Å². The quantitative estimate of drug-likeness (QED) is 0.283. The van der Waals surface area contributed by atoms with Crippen LogP contribution >= 0.6 is 11.8 Å². The van der Waals surface area contributed by atoms with E-state index in [1.54, 1.807) is 18.0 Å². The van der Waals surface area contributed by atoms with E-state index in [4.69, 9.17) is 4.74 Å². The molecule has 0 saturated carbocycles. The van der Waals surface area contributed by atoms with Crippen LogP contribution in [0.5, 0.6) is 0 Å². The van der Waals surface area contributed by atoms with Crippen molar-refractivity contribution in [2.45, 2.75) is 24.5 Å². The highest BCUT2D eigenvalue weighted by atomic mass is 32.2. The van der Waals surface area contributed by atoms with Crippen molar-refractivity contribution >= 4 is 34.5 Å². The number of ether oxygens (including phenoxy) is 1. The molecule has 9 heteroatoms. The number of carbonyl (C=O) groups is 1. The summed E-state index contributed by atoms with van der Waals surface area (Å²) < 4.78 is 6.89. The number of nitrogens with zero attached hydrogens (tertiary/aromatic N) is 4. The number of aryl methyl sites for hydroxylation is 1. The van der Waals surface area contributed by atoms with Gasteiger partial charge in [0.2, 0.25) is 5.91 Å². The van der Waals surface area contributed by atoms with E-state index in [0.717, 1.165) is 28.8 Å². The van der Waals surface area contributed by atoms with Gasteiger partial charge in [0, 0.05) is 26.6 Å². The third kappa shape index (κ3) is 5.91. The number of nitrogens with one attached hydrogen (secondary N) is 2. The molecule has 0 aliphatic rings. The number of hydrogen-bond acceptors (Lipinski definition) is 7. The number of aromatic nitrogens is 4. The second kappa shape index (κ2) is 10.8. The highest BCUT2D eigenvalue weighted by Crippen LogP contribution is 2.23. The van der Waals surface area contributed by atoms with Crippen LogP contribution in [0.1, 0.15) is 12.0 Å². The van der Waals surface area contributed by atoms with E-state index in [0.29, 0.717) is 37.8 Å². The molecule has 0 fully saturated rings. The van der Waals surface area contributed by atoms with Gasteiger partial charge in [0.05, 0.1) is 24.7 Å². The fourth-order valence-electron chi connectivity index (χ4n) is 2.89. The van der Waals surface area contributed by atoms with E-state index in [9.17, 15) is 4.79 Å². The Morgan fingerprint density at radius 1 is 1.21 bits per heavy atom. The third-order valence-corrected chi connectivity index (χ3v) is 4.93. The third-order valence-electron chi connectivity index (χ3n) is 4.39. The number of amides is 1. The normalized spacial score (nSPS) is 11.0. The van der Waals surface area contributed by atoms with Crippen LogP contribution in [-0.4, -0.2) is 58.7 Å². The fourth-order valence-corrected chi connectivity index (χ4v) is 3.25. The maximum atomic E-state index is 12.1. The average Bonchev–Trinajstić information content (AvgIpc) is 3.16. The Morgan fingerprint density at radius 3 is 2.79 bits per heavy atom. The number of hydrogen-bond donors (Lipinski definition) is 2. The molecule has 3 aromatic rings. The van der Waals surface area contributed by atoms with E-state index >= 15 is 0 Å². The summed E-state index contributed by atoms with van der Waals surface area (Å²) in [6.07, 6.45) is 4.90. The fraction of sp³-hybridized carbons (Fsp3) is 0.400. The van der Waals surface area contributed by atoms with Gasteiger partial charge in [0.25, 0.3) is 0 Å². The molecular weight excluding hydrogens is 388 g/mol. The van der Waals surface area contributed by atoms with Crippen molar-refractivity contribution < 1.29 is 9.53 Å². The largest absolute Gasteiger partial charge is 0.383 e. The van der Waals surface area contributed by atoms with Crippen LogP contribution in [0.3, 0.4) is 0 Å². The van der Waals surface area contributed by atoms with Gasteiger partial charge in [-0.15, -0.1) is 0 Å². The number of carbonyl (C=O) groups excluding carboxylic acids is 1. The smallest absolute Gasteiger partial charge is 0.220 e. The van der Waals surface area contributed by atoms with Gasteiger partial charge in [0.1, 0.15) is 5.82 Å². The number of benzene rings is 1. The number of thioether (sulfide) groups is 1. The Balaban J connectivity index is 1.58. The minimum atomic E-state index is 0.0339. The van der Waals surface area contributed by atoms with Crippen LogP contribution in [0.15, 0.2) is 41.7 Å². The molecule has 0 unspecified atom stereocenters. The summed E-state index contributed by atoms with van der Waals surface area (Å²) in [6, 6.07) is 10.0. The lowest BCUT2D eigenvalue weighted by atomic mass is 10.1. The van der Waals surface area contributed by atoms with Crippen molar-refractivity contribution in [2.75, 3.05) is 38.4 Å². The second-order valence-electron chi connectivity index (χ2n) is 6.42. The van der Waals surface area contributed by atoms with Crippen molar-refractivity contribution in [1.82, 2.24) is 25.1 Å². The van der Waals surface area contributed by atoms with Gasteiger partial charge in [-0.25, -0.2) is 14.6 Å². The topological polar surface area (TPSA) is 94.0 Å². The monoisotopic (exact) mass is 414 g/mol. The standard InChI is InChI=1S/C20H26N6O2S/c1-28-13-11-22-18-16-14-23-26(19(16)25-20(24-18)29-2)12-10-21-17(27)9-8-15-6-4-3-5-7-15/h3-7,14H,8-13H2,1-2H3,(H,21,27)(H,22,24,25). The first kappa shape index (κ1) is 21.1. The van der Waals surface area contributed by atoms with Crippen molar-refractivity contribution in [3.05, 3.63) is 42.1 Å². The first-order valence-electron chi connectivity index (χ1n) is 9.52. The molecule has 0 aliphatic carbocycles. The maximum absolute atomic E-state index is 12.1. The molecule has 2 N–H and O–H groups in total. The van der Waals surface area contributed by atoms with E-state index in [-0.39, 0.29) is 5.91 Å². The van der Waals surface area contributed by atoms with Crippen molar-refractivity contribution in [3.63, 3.8) is 0 Å². The lowest BCUT2D eigenvalue weighted by Gasteiger charge is -2.09. The Labute approximate surface area is 174 Å². The molecule has 0 aliphatic heterocycles. The number of fused-ring (bicyclic) bond motifs is 1. The molecule has 0 radical (unpaired) electrons. The van der Waals surface area contributed by atoms with Gasteiger partial charge in [-0.3, -0.25) is 4.79 Å². The molecule has 2 heterocycles. The number of anilines is 1. The summed E-state index contributed by atoms with van der Waals surface area (Å²) >= 11 is 1.48. The molecule has 8 nitrogen and oxygen atoms in total.